The maximum atomic E-state index is 12.1. The third kappa shape index (κ3) is 4.71. The lowest BCUT2D eigenvalue weighted by atomic mass is 9.88. The van der Waals surface area contributed by atoms with Crippen LogP contribution < -0.4 is 9.46 Å². The second-order valence-electron chi connectivity index (χ2n) is 9.84. The molecule has 0 saturated heterocycles. The molecule has 0 unspecified atom stereocenters. The van der Waals surface area contributed by atoms with Crippen LogP contribution in [0.25, 0.3) is 27.5 Å². The summed E-state index contributed by atoms with van der Waals surface area (Å²) in [7, 11) is -3.52. The van der Waals surface area contributed by atoms with Crippen molar-refractivity contribution in [3.05, 3.63) is 71.8 Å². The molecular weight excluding hydrogens is 486 g/mol. The van der Waals surface area contributed by atoms with E-state index in [4.69, 9.17) is 14.7 Å². The van der Waals surface area contributed by atoms with Crippen molar-refractivity contribution in [1.29, 1.82) is 0 Å². The highest BCUT2D eigenvalue weighted by molar-refractivity contribution is 7.92. The molecule has 0 atom stereocenters. The van der Waals surface area contributed by atoms with Crippen LogP contribution in [0.5, 0.6) is 5.75 Å². The largest absolute Gasteiger partial charge is 0.487 e. The van der Waals surface area contributed by atoms with Gasteiger partial charge in [0.15, 0.2) is 5.82 Å². The maximum Gasteiger partial charge on any atom is 0.231 e. The Morgan fingerprint density at radius 1 is 0.973 bits per heavy atom. The Morgan fingerprint density at radius 2 is 1.78 bits per heavy atom. The van der Waals surface area contributed by atoms with E-state index in [1.54, 1.807) is 0 Å². The van der Waals surface area contributed by atoms with Gasteiger partial charge in [0.25, 0.3) is 0 Å². The van der Waals surface area contributed by atoms with E-state index in [2.05, 4.69) is 20.2 Å². The smallest absolute Gasteiger partial charge is 0.231 e. The highest BCUT2D eigenvalue weighted by Crippen LogP contribution is 2.37. The van der Waals surface area contributed by atoms with Gasteiger partial charge < -0.3 is 4.74 Å². The van der Waals surface area contributed by atoms with Crippen molar-refractivity contribution in [2.75, 3.05) is 11.0 Å². The number of imidazole rings is 1. The molecule has 0 bridgehead atoms. The van der Waals surface area contributed by atoms with Gasteiger partial charge in [0.1, 0.15) is 23.7 Å². The minimum atomic E-state index is -3.52. The van der Waals surface area contributed by atoms with E-state index in [0.29, 0.717) is 35.1 Å². The Kier molecular flexibility index (Phi) is 5.95. The van der Waals surface area contributed by atoms with Crippen molar-refractivity contribution < 1.29 is 13.2 Å². The first-order chi connectivity index (χ1) is 17.9. The second-order valence-corrected chi connectivity index (χ2v) is 11.6. The number of nitrogens with zero attached hydrogens (tertiary/aromatic N) is 4. The third-order valence-electron chi connectivity index (χ3n) is 7.02. The summed E-state index contributed by atoms with van der Waals surface area (Å²) in [5.74, 6) is 2.27. The van der Waals surface area contributed by atoms with Crippen molar-refractivity contribution in [2.45, 2.75) is 51.6 Å². The number of aryl methyl sites for hydroxylation is 1. The first kappa shape index (κ1) is 23.7. The van der Waals surface area contributed by atoms with Crippen molar-refractivity contribution in [1.82, 2.24) is 19.4 Å². The van der Waals surface area contributed by atoms with Crippen LogP contribution in [0.1, 0.15) is 55.2 Å². The second kappa shape index (κ2) is 9.30. The molecule has 2 aromatic carbocycles. The molecule has 3 heterocycles. The molecule has 6 rings (SSSR count). The minimum Gasteiger partial charge on any atom is -0.487 e. The summed E-state index contributed by atoms with van der Waals surface area (Å²) in [6.07, 6.45) is 6.86. The van der Waals surface area contributed by atoms with Gasteiger partial charge in [0, 0.05) is 17.4 Å². The average Bonchev–Trinajstić information content (AvgIpc) is 3.25. The van der Waals surface area contributed by atoms with Crippen LogP contribution in [-0.2, 0) is 16.6 Å². The van der Waals surface area contributed by atoms with E-state index < -0.39 is 10.0 Å². The number of hydrogen-bond donors (Lipinski definition) is 1. The van der Waals surface area contributed by atoms with Gasteiger partial charge in [-0.25, -0.2) is 23.4 Å². The molecule has 0 aliphatic heterocycles. The summed E-state index contributed by atoms with van der Waals surface area (Å²) in [6, 6.07) is 17.7. The van der Waals surface area contributed by atoms with Crippen LogP contribution in [-0.4, -0.2) is 34.0 Å². The number of fused-ring (bicyclic) bond motifs is 4. The molecule has 1 N–H and O–H groups in total. The number of aromatic nitrogens is 4. The fourth-order valence-electron chi connectivity index (χ4n) is 5.34. The zero-order valence-corrected chi connectivity index (χ0v) is 21.8. The lowest BCUT2D eigenvalue weighted by Crippen LogP contribution is -2.14. The molecule has 8 nitrogen and oxygen atoms in total. The Labute approximate surface area is 215 Å². The summed E-state index contributed by atoms with van der Waals surface area (Å²) >= 11 is 0. The number of sulfonamides is 1. The number of para-hydroxylation sites is 1. The van der Waals surface area contributed by atoms with E-state index in [1.165, 1.54) is 19.3 Å². The van der Waals surface area contributed by atoms with E-state index in [0.717, 1.165) is 52.7 Å². The summed E-state index contributed by atoms with van der Waals surface area (Å²) in [6.45, 7) is 2.24. The highest BCUT2D eigenvalue weighted by atomic mass is 32.2. The fraction of sp³-hybridized carbons (Fsp3) is 0.321. The molecule has 1 aliphatic carbocycles. The predicted octanol–water partition coefficient (Wildman–Crippen LogP) is 5.74. The van der Waals surface area contributed by atoms with E-state index in [1.807, 2.05) is 55.5 Å². The molecule has 3 aromatic heterocycles. The number of benzene rings is 2. The number of ether oxygens (including phenoxy) is 1. The monoisotopic (exact) mass is 515 g/mol. The number of nitrogens with one attached hydrogen (secondary N) is 1. The standard InChI is InChI=1S/C28H29N5O3S/c1-18-26-27(32-37(2,34)35)31-24-15-14-22(36-17-21-13-12-19-8-6-7-11-23(19)30-21)16-25(24)33(26)28(29-18)20-9-4-3-5-10-20/h6-8,11-16,20H,3-5,9-10,17H2,1-2H3,(H,31,32). The van der Waals surface area contributed by atoms with Gasteiger partial charge in [-0.15, -0.1) is 0 Å². The topological polar surface area (TPSA) is 98.5 Å². The van der Waals surface area contributed by atoms with Crippen molar-refractivity contribution >= 4 is 43.3 Å². The normalized spacial score (nSPS) is 15.0. The van der Waals surface area contributed by atoms with Gasteiger partial charge in [-0.05, 0) is 44.0 Å². The molecule has 190 valence electrons. The number of rotatable bonds is 6. The van der Waals surface area contributed by atoms with Gasteiger partial charge in [0.05, 0.1) is 34.2 Å². The van der Waals surface area contributed by atoms with Crippen LogP contribution in [0.2, 0.25) is 0 Å². The zero-order valence-electron chi connectivity index (χ0n) is 20.9. The van der Waals surface area contributed by atoms with Gasteiger partial charge in [-0.2, -0.15) is 0 Å². The molecule has 1 fully saturated rings. The molecule has 1 aliphatic rings. The number of anilines is 1. The first-order valence-electron chi connectivity index (χ1n) is 12.6. The quantitative estimate of drug-likeness (QED) is 0.310. The van der Waals surface area contributed by atoms with Crippen LogP contribution >= 0.6 is 0 Å². The lowest BCUT2D eigenvalue weighted by Gasteiger charge is -2.21. The molecule has 37 heavy (non-hydrogen) atoms. The van der Waals surface area contributed by atoms with E-state index in [9.17, 15) is 8.42 Å². The van der Waals surface area contributed by atoms with Crippen LogP contribution in [0.4, 0.5) is 5.82 Å². The van der Waals surface area contributed by atoms with E-state index >= 15 is 0 Å². The molecular formula is C28H29N5O3S. The summed E-state index contributed by atoms with van der Waals surface area (Å²) in [5.41, 5.74) is 4.74. The summed E-state index contributed by atoms with van der Waals surface area (Å²) in [4.78, 5) is 14.3. The van der Waals surface area contributed by atoms with Crippen LogP contribution in [0.15, 0.2) is 54.6 Å². The van der Waals surface area contributed by atoms with Crippen molar-refractivity contribution in [3.63, 3.8) is 0 Å². The summed E-state index contributed by atoms with van der Waals surface area (Å²) in [5, 5.41) is 1.09. The van der Waals surface area contributed by atoms with Gasteiger partial charge >= 0.3 is 0 Å². The molecule has 9 heteroatoms. The molecule has 0 spiro atoms. The molecule has 0 radical (unpaired) electrons. The SMILES string of the molecule is Cc1nc(C2CCCCC2)n2c1c(NS(C)(=O)=O)nc1ccc(OCc3ccc4ccccc4n3)cc12. The molecule has 0 amide bonds. The molecule has 1 saturated carbocycles. The number of pyridine rings is 1. The third-order valence-corrected chi connectivity index (χ3v) is 7.58. The molecule has 5 aromatic rings. The highest BCUT2D eigenvalue weighted by Gasteiger charge is 2.25. The average molecular weight is 516 g/mol. The van der Waals surface area contributed by atoms with Crippen molar-refractivity contribution in [3.8, 4) is 5.75 Å². The Hall–Kier alpha value is -3.72. The number of hydrogen-bond acceptors (Lipinski definition) is 6. The lowest BCUT2D eigenvalue weighted by molar-refractivity contribution is 0.302. The summed E-state index contributed by atoms with van der Waals surface area (Å²) < 4.78 is 35.2. The fourth-order valence-corrected chi connectivity index (χ4v) is 5.83. The zero-order chi connectivity index (χ0) is 25.6. The van der Waals surface area contributed by atoms with Crippen LogP contribution in [0, 0.1) is 6.92 Å². The predicted molar refractivity (Wildman–Crippen MR) is 146 cm³/mol. The van der Waals surface area contributed by atoms with E-state index in [-0.39, 0.29) is 0 Å². The van der Waals surface area contributed by atoms with Gasteiger partial charge in [-0.1, -0.05) is 43.5 Å². The van der Waals surface area contributed by atoms with Gasteiger partial charge in [0.2, 0.25) is 10.0 Å². The Morgan fingerprint density at radius 3 is 2.59 bits per heavy atom. The first-order valence-corrected chi connectivity index (χ1v) is 14.5. The maximum absolute atomic E-state index is 12.1. The van der Waals surface area contributed by atoms with Crippen molar-refractivity contribution in [2.24, 2.45) is 0 Å². The minimum absolute atomic E-state index is 0.302. The Balaban J connectivity index is 1.44. The van der Waals surface area contributed by atoms with Crippen LogP contribution in [0.3, 0.4) is 0 Å². The van der Waals surface area contributed by atoms with Gasteiger partial charge in [-0.3, -0.25) is 9.12 Å². The Bertz CT molecular complexity index is 1740.